The van der Waals surface area contributed by atoms with E-state index in [0.29, 0.717) is 0 Å². The fourth-order valence-electron chi connectivity index (χ4n) is 1.12. The summed E-state index contributed by atoms with van der Waals surface area (Å²) < 4.78 is 0. The normalized spacial score (nSPS) is 9.21. The van der Waals surface area contributed by atoms with Crippen LogP contribution in [0.4, 0.5) is 0 Å². The average Bonchev–Trinajstić information content (AvgIpc) is 2.51. The maximum atomic E-state index is 4.27. The molecular formula is C8H12Cl2N4. The van der Waals surface area contributed by atoms with Crippen molar-refractivity contribution in [3.8, 4) is 0 Å². The van der Waals surface area contributed by atoms with Gasteiger partial charge in [-0.1, -0.05) is 6.92 Å². The van der Waals surface area contributed by atoms with Crippen LogP contribution in [0.15, 0.2) is 12.5 Å². The molecule has 14 heavy (non-hydrogen) atoms. The molecule has 2 rings (SSSR count). The Morgan fingerprint density at radius 2 is 2.07 bits per heavy atom. The van der Waals surface area contributed by atoms with E-state index in [-0.39, 0.29) is 24.8 Å². The minimum absolute atomic E-state index is 0. The van der Waals surface area contributed by atoms with Crippen molar-refractivity contribution in [2.75, 3.05) is 0 Å². The molecule has 0 spiro atoms. The highest BCUT2D eigenvalue weighted by Gasteiger charge is 1.99. The first kappa shape index (κ1) is 13.1. The molecule has 0 fully saturated rings. The van der Waals surface area contributed by atoms with E-state index in [1.807, 2.05) is 0 Å². The van der Waals surface area contributed by atoms with Crippen molar-refractivity contribution in [3.63, 3.8) is 0 Å². The second-order valence-electron chi connectivity index (χ2n) is 2.68. The highest BCUT2D eigenvalue weighted by atomic mass is 35.5. The van der Waals surface area contributed by atoms with Crippen LogP contribution >= 0.6 is 24.8 Å². The molecule has 0 aliphatic carbocycles. The lowest BCUT2D eigenvalue weighted by Gasteiger charge is -1.94. The highest BCUT2D eigenvalue weighted by Crippen LogP contribution is 2.04. The van der Waals surface area contributed by atoms with Crippen molar-refractivity contribution in [2.45, 2.75) is 19.8 Å². The third kappa shape index (κ3) is 2.56. The number of imidazole rings is 1. The molecule has 0 aliphatic heterocycles. The average molecular weight is 235 g/mol. The lowest BCUT2D eigenvalue weighted by molar-refractivity contribution is 0.842. The van der Waals surface area contributed by atoms with Crippen LogP contribution in [0.5, 0.6) is 0 Å². The van der Waals surface area contributed by atoms with Crippen molar-refractivity contribution in [1.82, 2.24) is 19.9 Å². The zero-order chi connectivity index (χ0) is 8.39. The summed E-state index contributed by atoms with van der Waals surface area (Å²) in [5, 5.41) is 0. The molecule has 0 bridgehead atoms. The van der Waals surface area contributed by atoms with Gasteiger partial charge in [0.05, 0.1) is 12.5 Å². The summed E-state index contributed by atoms with van der Waals surface area (Å²) in [5.41, 5.74) is 1.66. The van der Waals surface area contributed by atoms with E-state index in [1.165, 1.54) is 0 Å². The minimum atomic E-state index is 0. The Hall–Kier alpha value is -0.870. The number of hydrogen-bond acceptors (Lipinski definition) is 3. The van der Waals surface area contributed by atoms with Crippen LogP contribution in [0, 0.1) is 0 Å². The minimum Gasteiger partial charge on any atom is -0.342 e. The molecule has 0 unspecified atom stereocenters. The summed E-state index contributed by atoms with van der Waals surface area (Å²) in [6, 6.07) is 0. The Morgan fingerprint density at radius 1 is 1.29 bits per heavy atom. The van der Waals surface area contributed by atoms with Crippen LogP contribution in [0.25, 0.3) is 11.2 Å². The van der Waals surface area contributed by atoms with E-state index >= 15 is 0 Å². The maximum absolute atomic E-state index is 4.27. The summed E-state index contributed by atoms with van der Waals surface area (Å²) in [6.07, 6.45) is 5.40. The van der Waals surface area contributed by atoms with Crippen molar-refractivity contribution in [1.29, 1.82) is 0 Å². The van der Waals surface area contributed by atoms with Crippen LogP contribution in [0.3, 0.4) is 0 Å². The molecule has 1 N–H and O–H groups in total. The van der Waals surface area contributed by atoms with Gasteiger partial charge in [0.25, 0.3) is 0 Å². The number of nitrogens with one attached hydrogen (secondary N) is 1. The van der Waals surface area contributed by atoms with E-state index < -0.39 is 0 Å². The summed E-state index contributed by atoms with van der Waals surface area (Å²) >= 11 is 0. The number of aromatic nitrogens is 4. The second kappa shape index (κ2) is 5.78. The number of aromatic amines is 1. The van der Waals surface area contributed by atoms with Gasteiger partial charge in [0.1, 0.15) is 11.3 Å². The molecule has 0 radical (unpaired) electrons. The molecule has 2 aromatic rings. The summed E-state index contributed by atoms with van der Waals surface area (Å²) in [5.74, 6) is 0.872. The standard InChI is InChI=1S/C8H10N4.2ClH/c1-2-3-7-9-4-6-8(12-7)11-5-10-6;;/h4-5H,2-3H2,1H3,(H,9,10,11,12);2*1H. The van der Waals surface area contributed by atoms with Gasteiger partial charge < -0.3 is 4.98 Å². The van der Waals surface area contributed by atoms with Crippen LogP contribution < -0.4 is 0 Å². The van der Waals surface area contributed by atoms with E-state index in [0.717, 1.165) is 29.8 Å². The highest BCUT2D eigenvalue weighted by molar-refractivity contribution is 5.85. The van der Waals surface area contributed by atoms with Gasteiger partial charge in [-0.05, 0) is 6.42 Å². The molecule has 6 heteroatoms. The summed E-state index contributed by atoms with van der Waals surface area (Å²) in [7, 11) is 0. The van der Waals surface area contributed by atoms with Gasteiger partial charge in [0.2, 0.25) is 0 Å². The van der Waals surface area contributed by atoms with Gasteiger partial charge >= 0.3 is 0 Å². The molecule has 0 saturated heterocycles. The summed E-state index contributed by atoms with van der Waals surface area (Å²) in [4.78, 5) is 15.5. The Bertz CT molecular complexity index is 387. The first-order valence-corrected chi connectivity index (χ1v) is 4.05. The molecule has 2 heterocycles. The number of H-pyrrole nitrogens is 1. The third-order valence-electron chi connectivity index (χ3n) is 1.70. The lowest BCUT2D eigenvalue weighted by Crippen LogP contribution is -1.93. The van der Waals surface area contributed by atoms with Crippen LogP contribution in [-0.4, -0.2) is 19.9 Å². The molecule has 2 aromatic heterocycles. The maximum Gasteiger partial charge on any atom is 0.180 e. The van der Waals surface area contributed by atoms with Gasteiger partial charge in [0, 0.05) is 6.42 Å². The Labute approximate surface area is 94.4 Å². The van der Waals surface area contributed by atoms with Gasteiger partial charge in [-0.2, -0.15) is 0 Å². The molecule has 0 atom stereocenters. The zero-order valence-electron chi connectivity index (χ0n) is 7.73. The van der Waals surface area contributed by atoms with Crippen LogP contribution in [-0.2, 0) is 6.42 Å². The largest absolute Gasteiger partial charge is 0.342 e. The molecule has 4 nitrogen and oxygen atoms in total. The molecular weight excluding hydrogens is 223 g/mol. The summed E-state index contributed by atoms with van der Waals surface area (Å²) in [6.45, 7) is 2.11. The number of hydrogen-bond donors (Lipinski definition) is 1. The predicted molar refractivity (Wildman–Crippen MR) is 60.2 cm³/mol. The van der Waals surface area contributed by atoms with Crippen LogP contribution in [0.1, 0.15) is 19.2 Å². The molecule has 0 aromatic carbocycles. The SMILES string of the molecule is CCCc1ncc2[nH]cnc2n1.Cl.Cl. The quantitative estimate of drug-likeness (QED) is 0.867. The van der Waals surface area contributed by atoms with E-state index in [1.54, 1.807) is 12.5 Å². The molecule has 0 amide bonds. The number of rotatable bonds is 2. The predicted octanol–water partition coefficient (Wildman–Crippen LogP) is 2.15. The van der Waals surface area contributed by atoms with E-state index in [4.69, 9.17) is 0 Å². The first-order valence-electron chi connectivity index (χ1n) is 4.05. The number of nitrogens with zero attached hydrogens (tertiary/aromatic N) is 3. The molecule has 0 aliphatic rings. The fraction of sp³-hybridized carbons (Fsp3) is 0.375. The first-order chi connectivity index (χ1) is 5.90. The Morgan fingerprint density at radius 3 is 2.79 bits per heavy atom. The van der Waals surface area contributed by atoms with Gasteiger partial charge in [-0.25, -0.2) is 15.0 Å². The topological polar surface area (TPSA) is 54.5 Å². The van der Waals surface area contributed by atoms with Crippen molar-refractivity contribution >= 4 is 36.0 Å². The van der Waals surface area contributed by atoms with Gasteiger partial charge in [-0.3, -0.25) is 0 Å². The fourth-order valence-corrected chi connectivity index (χ4v) is 1.12. The van der Waals surface area contributed by atoms with Crippen LogP contribution in [0.2, 0.25) is 0 Å². The van der Waals surface area contributed by atoms with E-state index in [2.05, 4.69) is 26.9 Å². The third-order valence-corrected chi connectivity index (χ3v) is 1.70. The Balaban J connectivity index is 0.000000845. The number of halogens is 2. The molecule has 78 valence electrons. The van der Waals surface area contributed by atoms with Crippen molar-refractivity contribution in [3.05, 3.63) is 18.3 Å². The Kier molecular flexibility index (Phi) is 5.42. The number of aryl methyl sites for hydroxylation is 1. The smallest absolute Gasteiger partial charge is 0.180 e. The lowest BCUT2D eigenvalue weighted by atomic mass is 10.3. The van der Waals surface area contributed by atoms with Crippen molar-refractivity contribution in [2.24, 2.45) is 0 Å². The molecule has 0 saturated carbocycles. The zero-order valence-corrected chi connectivity index (χ0v) is 9.36. The number of fused-ring (bicyclic) bond motifs is 1. The van der Waals surface area contributed by atoms with E-state index in [9.17, 15) is 0 Å². The monoisotopic (exact) mass is 234 g/mol. The second-order valence-corrected chi connectivity index (χ2v) is 2.68. The van der Waals surface area contributed by atoms with Gasteiger partial charge in [0.15, 0.2) is 5.65 Å². The van der Waals surface area contributed by atoms with Gasteiger partial charge in [-0.15, -0.1) is 24.8 Å². The van der Waals surface area contributed by atoms with Crippen molar-refractivity contribution < 1.29 is 0 Å².